The molecule has 2 rings (SSSR count). The molecule has 24 heavy (non-hydrogen) atoms. The largest absolute Gasteiger partial charge is 0.405 e. The fourth-order valence-corrected chi connectivity index (χ4v) is 8.14. The molecule has 1 nitrogen and oxygen atoms in total. The van der Waals surface area contributed by atoms with Crippen LogP contribution >= 0.6 is 0 Å². The molecule has 2 aromatic rings. The monoisotopic (exact) mass is 338 g/mol. The first-order chi connectivity index (χ1) is 11.4. The van der Waals surface area contributed by atoms with Crippen LogP contribution in [0.4, 0.5) is 0 Å². The van der Waals surface area contributed by atoms with E-state index in [1.165, 1.54) is 10.4 Å². The number of hydrogen-bond donors (Lipinski definition) is 0. The minimum atomic E-state index is -2.40. The van der Waals surface area contributed by atoms with Gasteiger partial charge in [0.05, 0.1) is 0 Å². The quantitative estimate of drug-likeness (QED) is 0.514. The highest BCUT2D eigenvalue weighted by molar-refractivity contribution is 6.99. The molecule has 0 aliphatic rings. The summed E-state index contributed by atoms with van der Waals surface area (Å²) < 4.78 is 6.97. The molecule has 128 valence electrons. The molecule has 0 aliphatic heterocycles. The van der Waals surface area contributed by atoms with Crippen LogP contribution in [0.25, 0.3) is 0 Å². The van der Waals surface area contributed by atoms with E-state index >= 15 is 0 Å². The van der Waals surface area contributed by atoms with Crippen LogP contribution in [-0.4, -0.2) is 14.4 Å². The molecule has 0 radical (unpaired) electrons. The second kappa shape index (κ2) is 7.95. The van der Waals surface area contributed by atoms with Crippen molar-refractivity contribution in [3.05, 3.63) is 73.3 Å². The van der Waals surface area contributed by atoms with Crippen molar-refractivity contribution in [2.45, 2.75) is 51.7 Å². The summed E-state index contributed by atoms with van der Waals surface area (Å²) in [6, 6.07) is 21.6. The van der Waals surface area contributed by atoms with Crippen molar-refractivity contribution >= 4 is 18.7 Å². The molecular formula is C22H30OSi. The summed E-state index contributed by atoms with van der Waals surface area (Å²) in [4.78, 5) is 0. The van der Waals surface area contributed by atoms with Gasteiger partial charge in [-0.15, -0.1) is 6.58 Å². The summed E-state index contributed by atoms with van der Waals surface area (Å²) in [5.74, 6) is 0. The van der Waals surface area contributed by atoms with E-state index in [0.29, 0.717) is 0 Å². The first-order valence-corrected chi connectivity index (χ1v) is 10.7. The molecule has 0 N–H and O–H groups in total. The lowest BCUT2D eigenvalue weighted by Crippen LogP contribution is -2.67. The van der Waals surface area contributed by atoms with Gasteiger partial charge in [0.2, 0.25) is 0 Å². The van der Waals surface area contributed by atoms with Crippen molar-refractivity contribution in [1.82, 2.24) is 0 Å². The van der Waals surface area contributed by atoms with Crippen LogP contribution in [0.1, 0.15) is 40.5 Å². The van der Waals surface area contributed by atoms with Crippen LogP contribution in [0.5, 0.6) is 0 Å². The number of allylic oxidation sites excluding steroid dienone is 1. The Morgan fingerprint density at radius 3 is 1.79 bits per heavy atom. The van der Waals surface area contributed by atoms with Crippen LogP contribution in [0, 0.1) is 0 Å². The molecule has 0 aliphatic carbocycles. The Kier molecular flexibility index (Phi) is 6.19. The van der Waals surface area contributed by atoms with E-state index in [9.17, 15) is 0 Å². The van der Waals surface area contributed by atoms with Crippen molar-refractivity contribution in [3.63, 3.8) is 0 Å². The third-order valence-corrected chi connectivity index (χ3v) is 9.73. The fraction of sp³-hybridized carbons (Fsp3) is 0.364. The summed E-state index contributed by atoms with van der Waals surface area (Å²) in [6.07, 6.45) is 4.17. The molecule has 0 aromatic heterocycles. The third kappa shape index (κ3) is 3.88. The van der Waals surface area contributed by atoms with Crippen LogP contribution in [0.3, 0.4) is 0 Å². The topological polar surface area (TPSA) is 9.23 Å². The van der Waals surface area contributed by atoms with Gasteiger partial charge in [0.25, 0.3) is 8.32 Å². The Labute approximate surface area is 148 Å². The van der Waals surface area contributed by atoms with Gasteiger partial charge >= 0.3 is 0 Å². The van der Waals surface area contributed by atoms with Gasteiger partial charge in [-0.2, -0.15) is 0 Å². The Balaban J connectivity index is 2.59. The lowest BCUT2D eigenvalue weighted by Gasteiger charge is -2.44. The number of benzene rings is 2. The molecule has 0 saturated heterocycles. The van der Waals surface area contributed by atoms with E-state index in [-0.39, 0.29) is 11.1 Å². The van der Waals surface area contributed by atoms with Crippen molar-refractivity contribution in [3.8, 4) is 0 Å². The molecule has 0 saturated carbocycles. The standard InChI is InChI=1S/C22H30OSi/c1-6-7-14-19(2)23-24(22(3,4)5,20-15-10-8-11-16-20)21-17-12-9-13-18-21/h6,8-13,15-19H,1,7,14H2,2-5H3/t19-/m0/s1. The average Bonchev–Trinajstić information content (AvgIpc) is 2.58. The predicted octanol–water partition coefficient (Wildman–Crippen LogP) is 4.92. The summed E-state index contributed by atoms with van der Waals surface area (Å²) in [6.45, 7) is 13.0. The highest BCUT2D eigenvalue weighted by Gasteiger charge is 2.50. The van der Waals surface area contributed by atoms with Crippen LogP contribution in [0.15, 0.2) is 73.3 Å². The summed E-state index contributed by atoms with van der Waals surface area (Å²) in [5.41, 5.74) is 0. The smallest absolute Gasteiger partial charge is 0.261 e. The van der Waals surface area contributed by atoms with Gasteiger partial charge in [0, 0.05) is 6.10 Å². The molecule has 0 amide bonds. The SMILES string of the molecule is C=CCC[C@H](C)O[Si](c1ccccc1)(c1ccccc1)C(C)(C)C. The fourth-order valence-electron chi connectivity index (χ4n) is 3.40. The van der Waals surface area contributed by atoms with Gasteiger partial charge in [0.1, 0.15) is 0 Å². The molecular weight excluding hydrogens is 308 g/mol. The Morgan fingerprint density at radius 2 is 1.42 bits per heavy atom. The van der Waals surface area contributed by atoms with E-state index in [1.54, 1.807) is 0 Å². The Hall–Kier alpha value is -1.64. The van der Waals surface area contributed by atoms with Gasteiger partial charge in [-0.05, 0) is 35.2 Å². The summed E-state index contributed by atoms with van der Waals surface area (Å²) in [5, 5.41) is 2.72. The van der Waals surface area contributed by atoms with Crippen molar-refractivity contribution in [2.24, 2.45) is 0 Å². The zero-order chi connectivity index (χ0) is 17.6. The number of hydrogen-bond acceptors (Lipinski definition) is 1. The zero-order valence-corrected chi connectivity index (χ0v) is 16.5. The first-order valence-electron chi connectivity index (χ1n) is 8.81. The molecule has 0 heterocycles. The average molecular weight is 339 g/mol. The molecule has 0 fully saturated rings. The van der Waals surface area contributed by atoms with Gasteiger partial charge in [-0.1, -0.05) is 87.5 Å². The molecule has 0 bridgehead atoms. The van der Waals surface area contributed by atoms with E-state index < -0.39 is 8.32 Å². The summed E-state index contributed by atoms with van der Waals surface area (Å²) in [7, 11) is -2.40. The van der Waals surface area contributed by atoms with Crippen LogP contribution < -0.4 is 10.4 Å². The normalized spacial score (nSPS) is 13.5. The minimum absolute atomic E-state index is 0.0398. The predicted molar refractivity (Wildman–Crippen MR) is 108 cm³/mol. The van der Waals surface area contributed by atoms with Crippen LogP contribution in [-0.2, 0) is 4.43 Å². The highest BCUT2D eigenvalue weighted by atomic mass is 28.4. The van der Waals surface area contributed by atoms with Crippen molar-refractivity contribution < 1.29 is 4.43 Å². The van der Waals surface area contributed by atoms with Gasteiger partial charge in [0.15, 0.2) is 0 Å². The molecule has 0 spiro atoms. The first kappa shape index (κ1) is 18.7. The molecule has 2 heteroatoms. The Bertz CT molecular complexity index is 589. The van der Waals surface area contributed by atoms with Gasteiger partial charge in [-0.25, -0.2) is 0 Å². The molecule has 0 unspecified atom stereocenters. The van der Waals surface area contributed by atoms with E-state index in [0.717, 1.165) is 12.8 Å². The second-order valence-corrected chi connectivity index (χ2v) is 11.7. The lowest BCUT2D eigenvalue weighted by molar-refractivity contribution is 0.197. The molecule has 1 atom stereocenters. The van der Waals surface area contributed by atoms with E-state index in [1.807, 2.05) is 6.08 Å². The number of rotatable bonds is 7. The van der Waals surface area contributed by atoms with Gasteiger partial charge < -0.3 is 4.43 Å². The second-order valence-electron chi connectivity index (χ2n) is 7.46. The highest BCUT2D eigenvalue weighted by Crippen LogP contribution is 2.37. The lowest BCUT2D eigenvalue weighted by atomic mass is 10.2. The van der Waals surface area contributed by atoms with Crippen molar-refractivity contribution in [1.29, 1.82) is 0 Å². The zero-order valence-electron chi connectivity index (χ0n) is 15.5. The third-order valence-electron chi connectivity index (χ3n) is 4.57. The maximum Gasteiger partial charge on any atom is 0.261 e. The maximum atomic E-state index is 6.97. The van der Waals surface area contributed by atoms with E-state index in [2.05, 4.69) is 94.9 Å². The van der Waals surface area contributed by atoms with Gasteiger partial charge in [-0.3, -0.25) is 0 Å². The summed E-state index contributed by atoms with van der Waals surface area (Å²) >= 11 is 0. The maximum absolute atomic E-state index is 6.97. The van der Waals surface area contributed by atoms with E-state index in [4.69, 9.17) is 4.43 Å². The minimum Gasteiger partial charge on any atom is -0.405 e. The van der Waals surface area contributed by atoms with Crippen molar-refractivity contribution in [2.75, 3.05) is 0 Å². The van der Waals surface area contributed by atoms with Crippen LogP contribution in [0.2, 0.25) is 5.04 Å². The Morgan fingerprint density at radius 1 is 0.958 bits per heavy atom. The molecule has 2 aromatic carbocycles.